The Balaban J connectivity index is 4.62. The Morgan fingerprint density at radius 1 is 1.19 bits per heavy atom. The minimum Gasteiger partial charge on any atom is -0.453 e. The molecule has 0 saturated heterocycles. The van der Waals surface area contributed by atoms with Crippen molar-refractivity contribution in [3.05, 3.63) is 0 Å². The molecular weight excluding hydrogens is 210 g/mol. The summed E-state index contributed by atoms with van der Waals surface area (Å²) in [7, 11) is 2.83. The molecule has 0 aromatic heterocycles. The van der Waals surface area contributed by atoms with Crippen molar-refractivity contribution in [1.29, 1.82) is 0 Å². The van der Waals surface area contributed by atoms with E-state index in [4.69, 9.17) is 4.74 Å². The third-order valence-corrected chi connectivity index (χ3v) is 2.33. The van der Waals surface area contributed by atoms with Crippen LogP contribution in [0, 0.1) is 11.8 Å². The quantitative estimate of drug-likeness (QED) is 0.746. The Morgan fingerprint density at radius 3 is 2.12 bits per heavy atom. The Morgan fingerprint density at radius 2 is 1.75 bits per heavy atom. The van der Waals surface area contributed by atoms with Crippen LogP contribution in [0.3, 0.4) is 0 Å². The number of amides is 1. The van der Waals surface area contributed by atoms with Crippen LogP contribution < -0.4 is 5.32 Å². The van der Waals surface area contributed by atoms with E-state index in [1.54, 1.807) is 21.0 Å². The molecule has 1 N–H and O–H groups in total. The van der Waals surface area contributed by atoms with Crippen molar-refractivity contribution in [2.45, 2.75) is 26.8 Å². The second-order valence-corrected chi connectivity index (χ2v) is 4.10. The average Bonchev–Trinajstić information content (AvgIpc) is 2.24. The van der Waals surface area contributed by atoms with E-state index in [0.717, 1.165) is 0 Å². The van der Waals surface area contributed by atoms with E-state index in [9.17, 15) is 9.59 Å². The van der Waals surface area contributed by atoms with Gasteiger partial charge in [-0.25, -0.2) is 4.79 Å². The second-order valence-electron chi connectivity index (χ2n) is 4.10. The summed E-state index contributed by atoms with van der Waals surface area (Å²) in [6.45, 7) is 5.86. The number of ether oxygens (including phenoxy) is 2. The number of carbonyl (C=O) groups excluding carboxylic acids is 2. The molecule has 2 atom stereocenters. The predicted octanol–water partition coefficient (Wildman–Crippen LogP) is 1.22. The van der Waals surface area contributed by atoms with Gasteiger partial charge in [-0.3, -0.25) is 4.79 Å². The molecule has 0 bridgehead atoms. The Kier molecular flexibility index (Phi) is 6.72. The Labute approximate surface area is 96.5 Å². The molecule has 1 unspecified atom stereocenters. The SMILES string of the molecule is COCC(C)[C@H](NC(=O)OC)C(=O)C(C)C. The summed E-state index contributed by atoms with van der Waals surface area (Å²) in [6.07, 6.45) is -0.595. The lowest BCUT2D eigenvalue weighted by Crippen LogP contribution is -2.47. The molecule has 0 heterocycles. The molecule has 16 heavy (non-hydrogen) atoms. The van der Waals surface area contributed by atoms with E-state index in [2.05, 4.69) is 10.1 Å². The van der Waals surface area contributed by atoms with Crippen LogP contribution in [-0.2, 0) is 14.3 Å². The molecular formula is C11H21NO4. The van der Waals surface area contributed by atoms with Crippen LogP contribution in [0.15, 0.2) is 0 Å². The molecule has 0 aliphatic heterocycles. The third-order valence-electron chi connectivity index (χ3n) is 2.33. The van der Waals surface area contributed by atoms with Gasteiger partial charge in [-0.2, -0.15) is 0 Å². The maximum Gasteiger partial charge on any atom is 0.407 e. The lowest BCUT2D eigenvalue weighted by molar-refractivity contribution is -0.125. The lowest BCUT2D eigenvalue weighted by Gasteiger charge is -2.24. The van der Waals surface area contributed by atoms with Crippen molar-refractivity contribution >= 4 is 11.9 Å². The second kappa shape index (κ2) is 7.22. The molecule has 1 amide bonds. The van der Waals surface area contributed by atoms with E-state index < -0.39 is 12.1 Å². The van der Waals surface area contributed by atoms with Crippen molar-refractivity contribution in [2.75, 3.05) is 20.8 Å². The minimum atomic E-state index is -0.595. The Hall–Kier alpha value is -1.10. The zero-order valence-corrected chi connectivity index (χ0v) is 10.6. The maximum atomic E-state index is 11.9. The maximum absolute atomic E-state index is 11.9. The molecule has 94 valence electrons. The zero-order valence-electron chi connectivity index (χ0n) is 10.6. The summed E-state index contributed by atoms with van der Waals surface area (Å²) in [5, 5.41) is 2.54. The van der Waals surface area contributed by atoms with Gasteiger partial charge in [-0.05, 0) is 0 Å². The molecule has 0 aliphatic carbocycles. The van der Waals surface area contributed by atoms with Crippen molar-refractivity contribution in [3.8, 4) is 0 Å². The monoisotopic (exact) mass is 231 g/mol. The molecule has 0 radical (unpaired) electrons. The molecule has 0 fully saturated rings. The first-order valence-electron chi connectivity index (χ1n) is 5.31. The lowest BCUT2D eigenvalue weighted by atomic mass is 9.92. The molecule has 0 aliphatic rings. The number of hydrogen-bond donors (Lipinski definition) is 1. The molecule has 0 rings (SSSR count). The molecule has 0 spiro atoms. The number of hydrogen-bond acceptors (Lipinski definition) is 4. The zero-order chi connectivity index (χ0) is 12.7. The molecule has 5 nitrogen and oxygen atoms in total. The van der Waals surface area contributed by atoms with Gasteiger partial charge in [0.05, 0.1) is 19.8 Å². The molecule has 5 heteroatoms. The summed E-state index contributed by atoms with van der Waals surface area (Å²) in [6, 6.07) is -0.563. The predicted molar refractivity (Wildman–Crippen MR) is 60.2 cm³/mol. The van der Waals surface area contributed by atoms with Crippen LogP contribution in [0.2, 0.25) is 0 Å². The van der Waals surface area contributed by atoms with Crippen LogP contribution in [0.1, 0.15) is 20.8 Å². The minimum absolute atomic E-state index is 0.0186. The Bertz CT molecular complexity index is 240. The first-order chi connectivity index (χ1) is 7.43. The van der Waals surface area contributed by atoms with Crippen LogP contribution in [0.25, 0.3) is 0 Å². The molecule has 0 aromatic carbocycles. The van der Waals surface area contributed by atoms with Gasteiger partial charge in [-0.15, -0.1) is 0 Å². The standard InChI is InChI=1S/C11H21NO4/c1-7(2)10(13)9(8(3)6-15-4)12-11(14)16-5/h7-9H,6H2,1-5H3,(H,12,14)/t8?,9-/m0/s1. The van der Waals surface area contributed by atoms with Crippen LogP contribution >= 0.6 is 0 Å². The van der Waals surface area contributed by atoms with Gasteiger partial charge in [-0.1, -0.05) is 20.8 Å². The number of ketones is 1. The number of carbonyl (C=O) groups is 2. The number of Topliss-reactive ketones (excluding diaryl/α,β-unsaturated/α-hetero) is 1. The first-order valence-corrected chi connectivity index (χ1v) is 5.31. The van der Waals surface area contributed by atoms with Gasteiger partial charge in [0.15, 0.2) is 5.78 Å². The summed E-state index contributed by atoms with van der Waals surface area (Å²) >= 11 is 0. The van der Waals surface area contributed by atoms with E-state index >= 15 is 0 Å². The highest BCUT2D eigenvalue weighted by molar-refractivity contribution is 5.89. The normalized spacial score (nSPS) is 14.4. The van der Waals surface area contributed by atoms with Crippen molar-refractivity contribution in [3.63, 3.8) is 0 Å². The third kappa shape index (κ3) is 4.61. The van der Waals surface area contributed by atoms with Crippen LogP contribution in [-0.4, -0.2) is 38.7 Å². The van der Waals surface area contributed by atoms with E-state index in [1.807, 2.05) is 6.92 Å². The van der Waals surface area contributed by atoms with Crippen molar-refractivity contribution < 1.29 is 19.1 Å². The summed E-state index contributed by atoms with van der Waals surface area (Å²) in [5.74, 6) is -0.240. The summed E-state index contributed by atoms with van der Waals surface area (Å²) < 4.78 is 9.48. The van der Waals surface area contributed by atoms with Crippen LogP contribution in [0.4, 0.5) is 4.79 Å². The van der Waals surface area contributed by atoms with Crippen molar-refractivity contribution in [2.24, 2.45) is 11.8 Å². The van der Waals surface area contributed by atoms with Gasteiger partial charge < -0.3 is 14.8 Å². The fourth-order valence-corrected chi connectivity index (χ4v) is 1.40. The van der Waals surface area contributed by atoms with Crippen molar-refractivity contribution in [1.82, 2.24) is 5.32 Å². The van der Waals surface area contributed by atoms with Gasteiger partial charge in [0, 0.05) is 18.9 Å². The number of rotatable bonds is 6. The number of nitrogens with one attached hydrogen (secondary N) is 1. The molecule has 0 aromatic rings. The van der Waals surface area contributed by atoms with Gasteiger partial charge >= 0.3 is 6.09 Å². The fourth-order valence-electron chi connectivity index (χ4n) is 1.40. The summed E-state index contributed by atoms with van der Waals surface area (Å²) in [5.41, 5.74) is 0. The van der Waals surface area contributed by atoms with E-state index in [1.165, 1.54) is 7.11 Å². The highest BCUT2D eigenvalue weighted by Crippen LogP contribution is 2.10. The van der Waals surface area contributed by atoms with Crippen LogP contribution in [0.5, 0.6) is 0 Å². The summed E-state index contributed by atoms with van der Waals surface area (Å²) in [4.78, 5) is 23.0. The van der Waals surface area contributed by atoms with E-state index in [0.29, 0.717) is 6.61 Å². The highest BCUT2D eigenvalue weighted by Gasteiger charge is 2.28. The number of alkyl carbamates (subject to hydrolysis) is 1. The smallest absolute Gasteiger partial charge is 0.407 e. The molecule has 0 saturated carbocycles. The fraction of sp³-hybridized carbons (Fsp3) is 0.818. The van der Waals surface area contributed by atoms with Gasteiger partial charge in [0.1, 0.15) is 0 Å². The van der Waals surface area contributed by atoms with Gasteiger partial charge in [0.2, 0.25) is 0 Å². The largest absolute Gasteiger partial charge is 0.453 e. The highest BCUT2D eigenvalue weighted by atomic mass is 16.5. The number of methoxy groups -OCH3 is 2. The first kappa shape index (κ1) is 14.9. The van der Waals surface area contributed by atoms with Gasteiger partial charge in [0.25, 0.3) is 0 Å². The average molecular weight is 231 g/mol. The van der Waals surface area contributed by atoms with E-state index in [-0.39, 0.29) is 17.6 Å². The topological polar surface area (TPSA) is 64.6 Å².